The molecule has 1 aromatic carbocycles. The Morgan fingerprint density at radius 2 is 2.16 bits per heavy atom. The van der Waals surface area contributed by atoms with Crippen LogP contribution in [0.5, 0.6) is 0 Å². The number of halogens is 2. The van der Waals surface area contributed by atoms with Gasteiger partial charge < -0.3 is 5.32 Å². The maximum Gasteiger partial charge on any atom is 0.257 e. The van der Waals surface area contributed by atoms with E-state index in [4.69, 9.17) is 16.9 Å². The molecule has 1 heterocycles. The van der Waals surface area contributed by atoms with Crippen molar-refractivity contribution in [1.29, 1.82) is 5.26 Å². The summed E-state index contributed by atoms with van der Waals surface area (Å²) in [5.41, 5.74) is 0.989. The zero-order chi connectivity index (χ0) is 13.8. The van der Waals surface area contributed by atoms with Gasteiger partial charge in [-0.15, -0.1) is 0 Å². The maximum atomic E-state index is 12.6. The van der Waals surface area contributed by atoms with Crippen LogP contribution in [0.1, 0.15) is 15.9 Å². The number of pyridine rings is 1. The van der Waals surface area contributed by atoms with E-state index in [0.29, 0.717) is 11.3 Å². The number of hydrogen-bond acceptors (Lipinski definition) is 3. The van der Waals surface area contributed by atoms with Crippen LogP contribution >= 0.6 is 11.6 Å². The van der Waals surface area contributed by atoms with Gasteiger partial charge in [-0.05, 0) is 30.3 Å². The summed E-state index contributed by atoms with van der Waals surface area (Å²) in [6.07, 6.45) is 1.13. The van der Waals surface area contributed by atoms with Gasteiger partial charge in [0.15, 0.2) is 0 Å². The fourth-order valence-corrected chi connectivity index (χ4v) is 1.62. The van der Waals surface area contributed by atoms with E-state index in [9.17, 15) is 9.18 Å². The van der Waals surface area contributed by atoms with Crippen molar-refractivity contribution >= 4 is 23.2 Å². The van der Waals surface area contributed by atoms with Crippen molar-refractivity contribution in [2.45, 2.75) is 0 Å². The highest BCUT2D eigenvalue weighted by atomic mass is 35.5. The number of nitrogens with zero attached hydrogens (tertiary/aromatic N) is 2. The quantitative estimate of drug-likeness (QED) is 0.857. The summed E-state index contributed by atoms with van der Waals surface area (Å²) in [5, 5.41) is 11.6. The summed E-state index contributed by atoms with van der Waals surface area (Å²) >= 11 is 5.84. The molecule has 0 saturated heterocycles. The molecule has 0 saturated carbocycles. The van der Waals surface area contributed by atoms with E-state index in [1.165, 1.54) is 18.2 Å². The van der Waals surface area contributed by atoms with Crippen LogP contribution in [0.15, 0.2) is 36.5 Å². The van der Waals surface area contributed by atoms with Crippen LogP contribution < -0.4 is 5.32 Å². The van der Waals surface area contributed by atoms with E-state index in [1.54, 1.807) is 6.07 Å². The highest BCUT2D eigenvalue weighted by Gasteiger charge is 2.08. The van der Waals surface area contributed by atoms with Crippen molar-refractivity contribution in [3.63, 3.8) is 0 Å². The van der Waals surface area contributed by atoms with Gasteiger partial charge in [0.2, 0.25) is 5.95 Å². The van der Waals surface area contributed by atoms with Gasteiger partial charge in [0, 0.05) is 11.9 Å². The van der Waals surface area contributed by atoms with Crippen LogP contribution in [-0.4, -0.2) is 10.9 Å². The molecular weight excluding hydrogens is 269 g/mol. The second kappa shape index (κ2) is 5.46. The minimum absolute atomic E-state index is 0.224. The number of aromatic nitrogens is 1. The SMILES string of the molecule is N#Cc1ccc(NC(=O)c2ccc(F)nc2)cc1Cl. The van der Waals surface area contributed by atoms with E-state index in [2.05, 4.69) is 10.3 Å². The van der Waals surface area contributed by atoms with E-state index in [-0.39, 0.29) is 10.6 Å². The normalized spacial score (nSPS) is 9.74. The average molecular weight is 276 g/mol. The van der Waals surface area contributed by atoms with Crippen LogP contribution in [0.25, 0.3) is 0 Å². The summed E-state index contributed by atoms with van der Waals surface area (Å²) in [7, 11) is 0. The highest BCUT2D eigenvalue weighted by molar-refractivity contribution is 6.32. The lowest BCUT2D eigenvalue weighted by molar-refractivity contribution is 0.102. The number of carbonyl (C=O) groups excluding carboxylic acids is 1. The molecule has 0 unspecified atom stereocenters. The smallest absolute Gasteiger partial charge is 0.257 e. The fraction of sp³-hybridized carbons (Fsp3) is 0. The molecule has 0 radical (unpaired) electrons. The molecule has 0 aliphatic heterocycles. The van der Waals surface area contributed by atoms with Gasteiger partial charge in [-0.3, -0.25) is 4.79 Å². The number of rotatable bonds is 2. The highest BCUT2D eigenvalue weighted by Crippen LogP contribution is 2.20. The van der Waals surface area contributed by atoms with Crippen molar-refractivity contribution in [2.75, 3.05) is 5.32 Å². The van der Waals surface area contributed by atoms with Gasteiger partial charge >= 0.3 is 0 Å². The molecule has 0 fully saturated rings. The molecule has 1 amide bonds. The Labute approximate surface area is 113 Å². The number of benzene rings is 1. The monoisotopic (exact) mass is 275 g/mol. The lowest BCUT2D eigenvalue weighted by Crippen LogP contribution is -2.12. The van der Waals surface area contributed by atoms with Crippen molar-refractivity contribution < 1.29 is 9.18 Å². The van der Waals surface area contributed by atoms with Crippen molar-refractivity contribution in [1.82, 2.24) is 4.98 Å². The summed E-state index contributed by atoms with van der Waals surface area (Å²) in [4.78, 5) is 15.2. The summed E-state index contributed by atoms with van der Waals surface area (Å²) < 4.78 is 12.6. The Bertz CT molecular complexity index is 665. The van der Waals surface area contributed by atoms with Crippen LogP contribution in [0.3, 0.4) is 0 Å². The third-order valence-electron chi connectivity index (χ3n) is 2.34. The summed E-state index contributed by atoms with van der Waals surface area (Å²) in [5.74, 6) is -1.09. The number of hydrogen-bond donors (Lipinski definition) is 1. The molecule has 0 bridgehead atoms. The Morgan fingerprint density at radius 1 is 1.37 bits per heavy atom. The molecule has 0 spiro atoms. The largest absolute Gasteiger partial charge is 0.322 e. The van der Waals surface area contributed by atoms with Crippen LogP contribution in [0, 0.1) is 17.3 Å². The molecule has 19 heavy (non-hydrogen) atoms. The molecule has 1 aromatic heterocycles. The van der Waals surface area contributed by atoms with Crippen molar-refractivity contribution in [3.05, 3.63) is 58.6 Å². The molecular formula is C13H7ClFN3O. The zero-order valence-electron chi connectivity index (χ0n) is 9.52. The first kappa shape index (κ1) is 13.0. The predicted molar refractivity (Wildman–Crippen MR) is 68.3 cm³/mol. The molecule has 0 aliphatic rings. The number of anilines is 1. The topological polar surface area (TPSA) is 65.8 Å². The van der Waals surface area contributed by atoms with Crippen LogP contribution in [0.2, 0.25) is 5.02 Å². The average Bonchev–Trinajstić information content (AvgIpc) is 2.39. The molecule has 0 aliphatic carbocycles. The standard InChI is InChI=1S/C13H7ClFN3O/c14-11-5-10(3-1-8(11)6-16)18-13(19)9-2-4-12(15)17-7-9/h1-5,7H,(H,18,19). The summed E-state index contributed by atoms with van der Waals surface area (Å²) in [6.45, 7) is 0. The van der Waals surface area contributed by atoms with Crippen molar-refractivity contribution in [3.8, 4) is 6.07 Å². The minimum atomic E-state index is -0.655. The van der Waals surface area contributed by atoms with Gasteiger partial charge in [0.05, 0.1) is 16.1 Å². The number of nitriles is 1. The van der Waals surface area contributed by atoms with Gasteiger partial charge in [-0.1, -0.05) is 11.6 Å². The second-order valence-corrected chi connectivity index (χ2v) is 4.04. The van der Waals surface area contributed by atoms with E-state index < -0.39 is 11.9 Å². The Kier molecular flexibility index (Phi) is 3.74. The van der Waals surface area contributed by atoms with Gasteiger partial charge in [-0.25, -0.2) is 4.98 Å². The molecule has 1 N–H and O–H groups in total. The summed E-state index contributed by atoms with van der Waals surface area (Å²) in [6, 6.07) is 8.86. The van der Waals surface area contributed by atoms with Crippen LogP contribution in [-0.2, 0) is 0 Å². The van der Waals surface area contributed by atoms with E-state index >= 15 is 0 Å². The number of nitrogens with one attached hydrogen (secondary N) is 1. The number of carbonyl (C=O) groups is 1. The van der Waals surface area contributed by atoms with E-state index in [1.807, 2.05) is 6.07 Å². The first-order valence-corrected chi connectivity index (χ1v) is 5.60. The zero-order valence-corrected chi connectivity index (χ0v) is 10.3. The van der Waals surface area contributed by atoms with E-state index in [0.717, 1.165) is 12.3 Å². The first-order valence-electron chi connectivity index (χ1n) is 5.22. The van der Waals surface area contributed by atoms with Gasteiger partial charge in [-0.2, -0.15) is 9.65 Å². The Balaban J connectivity index is 2.17. The molecule has 2 aromatic rings. The maximum absolute atomic E-state index is 12.6. The third-order valence-corrected chi connectivity index (χ3v) is 2.65. The molecule has 6 heteroatoms. The lowest BCUT2D eigenvalue weighted by atomic mass is 10.2. The van der Waals surface area contributed by atoms with Gasteiger partial charge in [0.25, 0.3) is 5.91 Å². The Morgan fingerprint density at radius 3 is 2.74 bits per heavy atom. The number of amides is 1. The third kappa shape index (κ3) is 3.06. The molecule has 94 valence electrons. The predicted octanol–water partition coefficient (Wildman–Crippen LogP) is 3.00. The molecule has 0 atom stereocenters. The minimum Gasteiger partial charge on any atom is -0.322 e. The lowest BCUT2D eigenvalue weighted by Gasteiger charge is -2.05. The second-order valence-electron chi connectivity index (χ2n) is 3.63. The van der Waals surface area contributed by atoms with Crippen LogP contribution in [0.4, 0.5) is 10.1 Å². The Hall–Kier alpha value is -2.45. The first-order chi connectivity index (χ1) is 9.10. The van der Waals surface area contributed by atoms with Crippen molar-refractivity contribution in [2.24, 2.45) is 0 Å². The fourth-order valence-electron chi connectivity index (χ4n) is 1.40. The molecule has 2 rings (SSSR count). The molecule has 4 nitrogen and oxygen atoms in total. The van der Waals surface area contributed by atoms with Gasteiger partial charge in [0.1, 0.15) is 6.07 Å².